The van der Waals surface area contributed by atoms with Gasteiger partial charge < -0.3 is 10.2 Å². The number of tetrazole rings is 1. The van der Waals surface area contributed by atoms with E-state index in [1.54, 1.807) is 6.41 Å². The molecule has 8 heteroatoms. The number of aromatic amines is 1. The van der Waals surface area contributed by atoms with Crippen molar-refractivity contribution in [3.05, 3.63) is 5.82 Å². The van der Waals surface area contributed by atoms with Gasteiger partial charge in [-0.05, 0) is 10.4 Å². The summed E-state index contributed by atoms with van der Waals surface area (Å²) < 4.78 is 0. The molecule has 1 fully saturated rings. The number of carbonyl (C=O) groups is 1. The number of rotatable bonds is 3. The van der Waals surface area contributed by atoms with Gasteiger partial charge in [0.15, 0.2) is 0 Å². The molecule has 1 aliphatic rings. The van der Waals surface area contributed by atoms with Crippen LogP contribution < -0.4 is 5.32 Å². The van der Waals surface area contributed by atoms with Gasteiger partial charge in [0.25, 0.3) is 0 Å². The van der Waals surface area contributed by atoms with Gasteiger partial charge in [-0.1, -0.05) is 0 Å². The van der Waals surface area contributed by atoms with Crippen molar-refractivity contribution in [2.75, 3.05) is 19.6 Å². The van der Waals surface area contributed by atoms with E-state index in [1.807, 2.05) is 0 Å². The Morgan fingerprint density at radius 3 is 3.13 bits per heavy atom. The Morgan fingerprint density at radius 2 is 2.47 bits per heavy atom. The summed E-state index contributed by atoms with van der Waals surface area (Å²) in [7, 11) is 0. The molecule has 1 radical (unpaired) electrons. The average molecular weight is 209 g/mol. The Bertz CT molecular complexity index is 350. The van der Waals surface area contributed by atoms with Crippen molar-refractivity contribution in [2.24, 2.45) is 0 Å². The normalized spacial score (nSPS) is 21.3. The first kappa shape index (κ1) is 9.71. The number of Topliss-reactive ketones (excluding diaryl/α,β-unsaturated/α-hetero) is 1. The number of ketones is 1. The van der Waals surface area contributed by atoms with Crippen LogP contribution in [0.2, 0.25) is 0 Å². The van der Waals surface area contributed by atoms with Crippen molar-refractivity contribution < 1.29 is 9.59 Å². The van der Waals surface area contributed by atoms with E-state index in [9.17, 15) is 9.59 Å². The number of carbonyl (C=O) groups excluding carboxylic acids is 2. The molecule has 1 atom stereocenters. The van der Waals surface area contributed by atoms with Gasteiger partial charge >= 0.3 is 6.41 Å². The lowest BCUT2D eigenvalue weighted by Crippen LogP contribution is -2.54. The second kappa shape index (κ2) is 4.13. The molecule has 2 heterocycles. The van der Waals surface area contributed by atoms with Crippen molar-refractivity contribution in [1.82, 2.24) is 30.8 Å². The molecule has 0 aliphatic carbocycles. The fourth-order valence-corrected chi connectivity index (χ4v) is 1.47. The molecule has 0 bridgehead atoms. The van der Waals surface area contributed by atoms with E-state index in [2.05, 4.69) is 25.9 Å². The van der Waals surface area contributed by atoms with Gasteiger partial charge in [0.1, 0.15) is 6.04 Å². The molecule has 1 aliphatic heterocycles. The maximum atomic E-state index is 11.8. The van der Waals surface area contributed by atoms with E-state index in [1.165, 1.54) is 4.90 Å². The van der Waals surface area contributed by atoms with Gasteiger partial charge in [0.05, 0.1) is 0 Å². The van der Waals surface area contributed by atoms with Crippen LogP contribution in [0.3, 0.4) is 0 Å². The summed E-state index contributed by atoms with van der Waals surface area (Å²) in [5, 5.41) is 15.5. The van der Waals surface area contributed by atoms with Crippen LogP contribution in [0, 0.1) is 0 Å². The molecule has 1 unspecified atom stereocenters. The molecule has 1 amide bonds. The van der Waals surface area contributed by atoms with Crippen LogP contribution in [0.15, 0.2) is 0 Å². The molecule has 0 spiro atoms. The summed E-state index contributed by atoms with van der Waals surface area (Å²) in [6.45, 7) is 1.52. The van der Waals surface area contributed by atoms with E-state index >= 15 is 0 Å². The largest absolute Gasteiger partial charge is 0.321 e. The third kappa shape index (κ3) is 1.84. The van der Waals surface area contributed by atoms with Crippen molar-refractivity contribution in [1.29, 1.82) is 0 Å². The highest BCUT2D eigenvalue weighted by atomic mass is 16.2. The Balaban J connectivity index is 2.14. The van der Waals surface area contributed by atoms with Gasteiger partial charge in [-0.2, -0.15) is 0 Å². The Morgan fingerprint density at radius 1 is 1.60 bits per heavy atom. The van der Waals surface area contributed by atoms with Crippen molar-refractivity contribution in [3.63, 3.8) is 0 Å². The fourth-order valence-electron chi connectivity index (χ4n) is 1.47. The summed E-state index contributed by atoms with van der Waals surface area (Å²) in [6, 6.07) is -0.578. The number of piperazine rings is 1. The number of aromatic nitrogens is 4. The van der Waals surface area contributed by atoms with Gasteiger partial charge in [-0.25, -0.2) is 5.10 Å². The Kier molecular flexibility index (Phi) is 2.68. The molecule has 8 nitrogen and oxygen atoms in total. The smallest absolute Gasteiger partial charge is 0.312 e. The first-order valence-electron chi connectivity index (χ1n) is 4.46. The highest BCUT2D eigenvalue weighted by Gasteiger charge is 2.30. The van der Waals surface area contributed by atoms with Crippen LogP contribution >= 0.6 is 0 Å². The number of nitrogens with zero attached hydrogens (tertiary/aromatic N) is 4. The third-order valence-electron chi connectivity index (χ3n) is 2.24. The minimum absolute atomic E-state index is 0.0592. The van der Waals surface area contributed by atoms with E-state index in [4.69, 9.17) is 0 Å². The van der Waals surface area contributed by atoms with Crippen LogP contribution in [0.1, 0.15) is 10.6 Å². The lowest BCUT2D eigenvalue weighted by atomic mass is 10.1. The molecule has 15 heavy (non-hydrogen) atoms. The predicted molar refractivity (Wildman–Crippen MR) is 47.6 cm³/mol. The van der Waals surface area contributed by atoms with Crippen LogP contribution in [0.5, 0.6) is 0 Å². The van der Waals surface area contributed by atoms with E-state index in [-0.39, 0.29) is 11.6 Å². The summed E-state index contributed by atoms with van der Waals surface area (Å²) in [5.41, 5.74) is 0. The topological polar surface area (TPSA) is 104 Å². The van der Waals surface area contributed by atoms with Crippen LogP contribution in [0.4, 0.5) is 0 Å². The SMILES string of the molecule is O=[C]N1CCNCC1C(=O)c1nnn[nH]1. The first-order valence-corrected chi connectivity index (χ1v) is 4.46. The predicted octanol–water partition coefficient (Wildman–Crippen LogP) is -2.28. The van der Waals surface area contributed by atoms with Crippen molar-refractivity contribution in [2.45, 2.75) is 6.04 Å². The molecule has 0 saturated carbocycles. The maximum Gasteiger partial charge on any atom is 0.312 e. The third-order valence-corrected chi connectivity index (χ3v) is 2.24. The number of nitrogens with one attached hydrogen (secondary N) is 2. The zero-order valence-corrected chi connectivity index (χ0v) is 7.80. The number of hydrogen-bond acceptors (Lipinski definition) is 6. The molecule has 1 aromatic heterocycles. The molecule has 79 valence electrons. The molecule has 1 aromatic rings. The summed E-state index contributed by atoms with van der Waals surface area (Å²) in [6.07, 6.45) is 1.74. The average Bonchev–Trinajstić information content (AvgIpc) is 2.81. The summed E-state index contributed by atoms with van der Waals surface area (Å²) in [4.78, 5) is 23.7. The lowest BCUT2D eigenvalue weighted by Gasteiger charge is -2.30. The van der Waals surface area contributed by atoms with Crippen molar-refractivity contribution >= 4 is 12.2 Å². The van der Waals surface area contributed by atoms with Gasteiger partial charge in [0, 0.05) is 19.6 Å². The molecule has 0 aromatic carbocycles. The minimum Gasteiger partial charge on any atom is -0.321 e. The van der Waals surface area contributed by atoms with E-state index in [0.717, 1.165) is 0 Å². The highest BCUT2D eigenvalue weighted by Crippen LogP contribution is 2.05. The van der Waals surface area contributed by atoms with Crippen LogP contribution in [0.25, 0.3) is 0 Å². The molecular weight excluding hydrogens is 200 g/mol. The first-order chi connectivity index (χ1) is 7.33. The zero-order chi connectivity index (χ0) is 10.7. The van der Waals surface area contributed by atoms with Crippen molar-refractivity contribution in [3.8, 4) is 0 Å². The Hall–Kier alpha value is -1.83. The molecule has 1 saturated heterocycles. The number of H-pyrrole nitrogens is 1. The summed E-state index contributed by atoms with van der Waals surface area (Å²) >= 11 is 0. The number of amides is 1. The Labute approximate surface area is 85.0 Å². The highest BCUT2D eigenvalue weighted by molar-refractivity contribution is 5.97. The van der Waals surface area contributed by atoms with E-state index in [0.29, 0.717) is 19.6 Å². The second-order valence-electron chi connectivity index (χ2n) is 3.12. The molecular formula is C7H9N6O2. The minimum atomic E-state index is -0.578. The zero-order valence-electron chi connectivity index (χ0n) is 7.80. The van der Waals surface area contributed by atoms with Gasteiger partial charge in [0.2, 0.25) is 11.6 Å². The van der Waals surface area contributed by atoms with Gasteiger partial charge in [-0.15, -0.1) is 5.10 Å². The molecule has 2 N–H and O–H groups in total. The quantitative estimate of drug-likeness (QED) is 0.544. The van der Waals surface area contributed by atoms with Crippen LogP contribution in [-0.2, 0) is 4.79 Å². The number of hydrogen-bond donors (Lipinski definition) is 2. The molecule has 2 rings (SSSR count). The maximum absolute atomic E-state index is 11.8. The standard InChI is InChI=1S/C7H9N6O2/c14-4-13-2-1-8-3-5(13)6(15)7-9-11-12-10-7/h5,8H,1-3H2,(H,9,10,11,12). The summed E-state index contributed by atoms with van der Waals surface area (Å²) in [5.74, 6) is -0.250. The monoisotopic (exact) mass is 209 g/mol. The van der Waals surface area contributed by atoms with Gasteiger partial charge in [-0.3, -0.25) is 9.59 Å². The van der Waals surface area contributed by atoms with E-state index < -0.39 is 6.04 Å². The lowest BCUT2D eigenvalue weighted by molar-refractivity contribution is 0.0851. The van der Waals surface area contributed by atoms with Crippen LogP contribution in [-0.4, -0.2) is 63.4 Å². The fraction of sp³-hybridized carbons (Fsp3) is 0.571. The second-order valence-corrected chi connectivity index (χ2v) is 3.12.